The van der Waals surface area contributed by atoms with Crippen LogP contribution in [0.4, 0.5) is 5.69 Å². The zero-order valence-electron chi connectivity index (χ0n) is 15.7. The highest BCUT2D eigenvalue weighted by molar-refractivity contribution is 7.89. The van der Waals surface area contributed by atoms with E-state index in [1.807, 2.05) is 12.2 Å². The first-order valence-corrected chi connectivity index (χ1v) is 10.6. The van der Waals surface area contributed by atoms with Gasteiger partial charge in [0.2, 0.25) is 10.0 Å². The Bertz CT molecular complexity index is 982. The molecule has 0 unspecified atom stereocenters. The summed E-state index contributed by atoms with van der Waals surface area (Å²) in [5.74, 6) is -0.331. The van der Waals surface area contributed by atoms with Gasteiger partial charge in [0, 0.05) is 5.69 Å². The summed E-state index contributed by atoms with van der Waals surface area (Å²) < 4.78 is 37.3. The summed E-state index contributed by atoms with van der Waals surface area (Å²) in [6.45, 7) is -0.416. The molecule has 2 N–H and O–H groups in total. The summed E-state index contributed by atoms with van der Waals surface area (Å²) in [5, 5.41) is 2.53. The van der Waals surface area contributed by atoms with Crippen molar-refractivity contribution in [1.82, 2.24) is 4.72 Å². The molecule has 0 saturated carbocycles. The molecule has 0 radical (unpaired) electrons. The van der Waals surface area contributed by atoms with Crippen molar-refractivity contribution in [3.63, 3.8) is 0 Å². The van der Waals surface area contributed by atoms with E-state index in [2.05, 4.69) is 10.0 Å². The lowest BCUT2D eigenvalue weighted by atomic mass is 10.1. The minimum Gasteiger partial charge on any atom is -0.468 e. The Morgan fingerprint density at radius 3 is 2.79 bits per heavy atom. The summed E-state index contributed by atoms with van der Waals surface area (Å²) in [6.07, 6.45) is 7.57. The molecule has 0 aliphatic heterocycles. The van der Waals surface area contributed by atoms with Crippen molar-refractivity contribution >= 4 is 27.6 Å². The van der Waals surface area contributed by atoms with E-state index in [1.54, 1.807) is 18.2 Å². The van der Waals surface area contributed by atoms with Crippen molar-refractivity contribution in [2.24, 2.45) is 5.92 Å². The van der Waals surface area contributed by atoms with Crippen LogP contribution in [0.2, 0.25) is 0 Å². The van der Waals surface area contributed by atoms with Gasteiger partial charge in [0.15, 0.2) is 6.61 Å². The minimum atomic E-state index is -3.79. The lowest BCUT2D eigenvalue weighted by Crippen LogP contribution is -2.24. The van der Waals surface area contributed by atoms with Gasteiger partial charge >= 0.3 is 5.97 Å². The number of ether oxygens (including phenoxy) is 1. The molecule has 1 amide bonds. The number of sulfonamides is 1. The molecule has 1 aliphatic rings. The van der Waals surface area contributed by atoms with Crippen LogP contribution in [0.15, 0.2) is 64.1 Å². The number of anilines is 1. The second-order valence-electron chi connectivity index (χ2n) is 6.61. The third-order valence-electron chi connectivity index (χ3n) is 4.35. The normalized spacial score (nSPS) is 15.9. The molecule has 0 bridgehead atoms. The second kappa shape index (κ2) is 9.53. The number of carbonyl (C=O) groups is 2. The quantitative estimate of drug-likeness (QED) is 0.478. The number of furan rings is 1. The molecule has 154 valence electrons. The van der Waals surface area contributed by atoms with Crippen LogP contribution in [0.3, 0.4) is 0 Å². The predicted octanol–water partition coefficient (Wildman–Crippen LogP) is 2.60. The van der Waals surface area contributed by atoms with Gasteiger partial charge in [-0.1, -0.05) is 18.2 Å². The first-order chi connectivity index (χ1) is 13.9. The number of allylic oxidation sites excluding steroid dienone is 2. The molecule has 29 heavy (non-hydrogen) atoms. The van der Waals surface area contributed by atoms with E-state index in [1.165, 1.54) is 24.5 Å². The lowest BCUT2D eigenvalue weighted by Gasteiger charge is -2.10. The highest BCUT2D eigenvalue weighted by Crippen LogP contribution is 2.20. The lowest BCUT2D eigenvalue weighted by molar-refractivity contribution is -0.147. The van der Waals surface area contributed by atoms with E-state index in [4.69, 9.17) is 9.15 Å². The van der Waals surface area contributed by atoms with Gasteiger partial charge in [-0.2, -0.15) is 0 Å². The van der Waals surface area contributed by atoms with Crippen LogP contribution in [0, 0.1) is 5.92 Å². The van der Waals surface area contributed by atoms with E-state index >= 15 is 0 Å². The first kappa shape index (κ1) is 20.8. The highest BCUT2D eigenvalue weighted by atomic mass is 32.2. The largest absolute Gasteiger partial charge is 0.468 e. The van der Waals surface area contributed by atoms with Crippen LogP contribution in [-0.4, -0.2) is 26.9 Å². The molecular weight excluding hydrogens is 396 g/mol. The van der Waals surface area contributed by atoms with Gasteiger partial charge in [-0.3, -0.25) is 9.59 Å². The molecule has 0 spiro atoms. The standard InChI is InChI=1S/C20H22N2O6S/c23-19(14-28-20(24)11-15-5-1-2-6-15)22-16-7-3-9-18(12-16)29(25,26)21-13-17-8-4-10-27-17/h1,3-5,7-10,12,15,21H,2,6,11,13-14H2,(H,22,23)/t15-/m1/s1. The van der Waals surface area contributed by atoms with Crippen LogP contribution in [-0.2, 0) is 30.9 Å². The van der Waals surface area contributed by atoms with E-state index < -0.39 is 28.5 Å². The monoisotopic (exact) mass is 418 g/mol. The van der Waals surface area contributed by atoms with Crippen LogP contribution >= 0.6 is 0 Å². The zero-order chi connectivity index (χ0) is 20.7. The fourth-order valence-electron chi connectivity index (χ4n) is 2.89. The average Bonchev–Trinajstić information content (AvgIpc) is 3.39. The van der Waals surface area contributed by atoms with Crippen LogP contribution < -0.4 is 10.0 Å². The van der Waals surface area contributed by atoms with Gasteiger partial charge in [-0.25, -0.2) is 13.1 Å². The molecule has 2 aromatic rings. The Morgan fingerprint density at radius 2 is 2.07 bits per heavy atom. The molecule has 1 heterocycles. The summed E-state index contributed by atoms with van der Waals surface area (Å²) in [7, 11) is -3.79. The Hall–Kier alpha value is -2.91. The van der Waals surface area contributed by atoms with E-state index in [0.29, 0.717) is 5.76 Å². The van der Waals surface area contributed by atoms with Gasteiger partial charge in [0.05, 0.1) is 24.1 Å². The summed E-state index contributed by atoms with van der Waals surface area (Å²) in [4.78, 5) is 23.8. The molecular formula is C20H22N2O6S. The minimum absolute atomic E-state index is 0.00753. The van der Waals surface area contributed by atoms with E-state index in [0.717, 1.165) is 12.8 Å². The van der Waals surface area contributed by atoms with Crippen molar-refractivity contribution in [3.05, 3.63) is 60.6 Å². The molecule has 1 aromatic carbocycles. The maximum Gasteiger partial charge on any atom is 0.306 e. The molecule has 1 aliphatic carbocycles. The van der Waals surface area contributed by atoms with Crippen LogP contribution in [0.1, 0.15) is 25.0 Å². The third-order valence-corrected chi connectivity index (χ3v) is 5.75. The SMILES string of the molecule is O=C(COC(=O)C[C@@H]1C=CCC1)Nc1cccc(S(=O)(=O)NCc2ccco2)c1. The van der Waals surface area contributed by atoms with Crippen molar-refractivity contribution in [2.45, 2.75) is 30.7 Å². The molecule has 9 heteroatoms. The maximum absolute atomic E-state index is 12.4. The van der Waals surface area contributed by atoms with Crippen molar-refractivity contribution < 1.29 is 27.2 Å². The molecule has 1 aromatic heterocycles. The topological polar surface area (TPSA) is 115 Å². The Kier molecular flexibility index (Phi) is 6.84. The number of rotatable bonds is 9. The number of amides is 1. The summed E-state index contributed by atoms with van der Waals surface area (Å²) in [5.41, 5.74) is 0.283. The fraction of sp³-hybridized carbons (Fsp3) is 0.300. The molecule has 1 atom stereocenters. The number of carbonyl (C=O) groups excluding carboxylic acids is 2. The van der Waals surface area contributed by atoms with Gasteiger partial charge in [-0.05, 0) is 49.1 Å². The first-order valence-electron chi connectivity index (χ1n) is 9.16. The van der Waals surface area contributed by atoms with Crippen molar-refractivity contribution in [3.8, 4) is 0 Å². The van der Waals surface area contributed by atoms with Crippen molar-refractivity contribution in [2.75, 3.05) is 11.9 Å². The molecule has 3 rings (SSSR count). The summed E-state index contributed by atoms with van der Waals surface area (Å²) >= 11 is 0. The number of hydrogen-bond acceptors (Lipinski definition) is 6. The Morgan fingerprint density at radius 1 is 1.21 bits per heavy atom. The number of nitrogens with one attached hydrogen (secondary N) is 2. The van der Waals surface area contributed by atoms with Gasteiger partial charge in [-0.15, -0.1) is 0 Å². The van der Waals surface area contributed by atoms with Crippen LogP contribution in [0.5, 0.6) is 0 Å². The van der Waals surface area contributed by atoms with E-state index in [-0.39, 0.29) is 29.5 Å². The van der Waals surface area contributed by atoms with E-state index in [9.17, 15) is 18.0 Å². The summed E-state index contributed by atoms with van der Waals surface area (Å²) in [6, 6.07) is 9.12. The number of esters is 1. The molecule has 0 saturated heterocycles. The molecule has 8 nitrogen and oxygen atoms in total. The third kappa shape index (κ3) is 6.30. The highest BCUT2D eigenvalue weighted by Gasteiger charge is 2.17. The average molecular weight is 418 g/mol. The predicted molar refractivity (Wildman–Crippen MR) is 105 cm³/mol. The van der Waals surface area contributed by atoms with Gasteiger partial charge in [0.25, 0.3) is 5.91 Å². The van der Waals surface area contributed by atoms with Gasteiger partial charge < -0.3 is 14.5 Å². The number of hydrogen-bond donors (Lipinski definition) is 2. The smallest absolute Gasteiger partial charge is 0.306 e. The zero-order valence-corrected chi connectivity index (χ0v) is 16.5. The van der Waals surface area contributed by atoms with Crippen LogP contribution in [0.25, 0.3) is 0 Å². The Balaban J connectivity index is 1.51. The Labute approximate surface area is 169 Å². The molecule has 0 fully saturated rings. The van der Waals surface area contributed by atoms with Crippen molar-refractivity contribution in [1.29, 1.82) is 0 Å². The fourth-order valence-corrected chi connectivity index (χ4v) is 3.92. The van der Waals surface area contributed by atoms with Gasteiger partial charge in [0.1, 0.15) is 5.76 Å². The second-order valence-corrected chi connectivity index (χ2v) is 8.38. The maximum atomic E-state index is 12.4. The number of benzene rings is 1.